The number of nitrogens with zero attached hydrogens (tertiary/aromatic N) is 5. The number of nitrogens with one attached hydrogen (secondary N) is 1. The number of para-hydroxylation sites is 1. The van der Waals surface area contributed by atoms with Gasteiger partial charge in [-0.3, -0.25) is 4.79 Å². The van der Waals surface area contributed by atoms with Crippen LogP contribution in [0.25, 0.3) is 17.0 Å². The van der Waals surface area contributed by atoms with Crippen LogP contribution < -0.4 is 19.9 Å². The number of hydrogen-bond donors (Lipinski definition) is 1. The quantitative estimate of drug-likeness (QED) is 0.373. The van der Waals surface area contributed by atoms with Crippen LogP contribution in [0.1, 0.15) is 18.1 Å². The highest BCUT2D eigenvalue weighted by Crippen LogP contribution is 2.26. The first-order valence-corrected chi connectivity index (χ1v) is 12.5. The Bertz CT molecular complexity index is 1410. The molecule has 0 atom stereocenters. The lowest BCUT2D eigenvalue weighted by Crippen LogP contribution is -2.47. The number of ether oxygens (including phenoxy) is 1. The van der Waals surface area contributed by atoms with Gasteiger partial charge in [0.2, 0.25) is 11.9 Å². The van der Waals surface area contributed by atoms with Gasteiger partial charge in [-0.05, 0) is 61.9 Å². The van der Waals surface area contributed by atoms with Gasteiger partial charge in [-0.15, -0.1) is 0 Å². The molecule has 5 rings (SSSR count). The van der Waals surface area contributed by atoms with Gasteiger partial charge in [-0.1, -0.05) is 18.2 Å². The summed E-state index contributed by atoms with van der Waals surface area (Å²) in [5.41, 5.74) is 3.62. The molecule has 2 aromatic carbocycles. The molecule has 0 spiro atoms. The highest BCUT2D eigenvalue weighted by atomic mass is 16.5. The fraction of sp³-hybridized carbons (Fsp3) is 0.241. The van der Waals surface area contributed by atoms with Crippen LogP contribution in [-0.4, -0.2) is 53.6 Å². The molecule has 188 valence electrons. The number of carbonyl (C=O) groups is 1. The van der Waals surface area contributed by atoms with E-state index in [2.05, 4.69) is 38.1 Å². The first kappa shape index (κ1) is 24.2. The third-order valence-electron chi connectivity index (χ3n) is 6.34. The molecule has 1 N–H and O–H groups in total. The van der Waals surface area contributed by atoms with Crippen molar-refractivity contribution >= 4 is 40.3 Å². The Labute approximate surface area is 216 Å². The largest absolute Gasteiger partial charge is 0.493 e. The monoisotopic (exact) mass is 494 g/mol. The van der Waals surface area contributed by atoms with Crippen LogP contribution in [-0.2, 0) is 4.79 Å². The van der Waals surface area contributed by atoms with Crippen molar-refractivity contribution in [3.05, 3.63) is 84.2 Å². The number of pyridine rings is 1. The van der Waals surface area contributed by atoms with E-state index in [1.807, 2.05) is 55.5 Å². The molecule has 37 heavy (non-hydrogen) atoms. The molecule has 0 radical (unpaired) electrons. The molecule has 0 aliphatic carbocycles. The van der Waals surface area contributed by atoms with Crippen molar-refractivity contribution in [2.45, 2.75) is 13.8 Å². The summed E-state index contributed by atoms with van der Waals surface area (Å²) in [6.07, 6.45) is 6.84. The minimum atomic E-state index is -0.201. The molecule has 1 saturated heterocycles. The lowest BCUT2D eigenvalue weighted by molar-refractivity contribution is -0.111. The van der Waals surface area contributed by atoms with Crippen molar-refractivity contribution in [2.24, 2.45) is 0 Å². The van der Waals surface area contributed by atoms with Gasteiger partial charge in [-0.25, -0.2) is 15.0 Å². The normalized spacial score (nSPS) is 13.8. The van der Waals surface area contributed by atoms with Crippen molar-refractivity contribution in [3.8, 4) is 5.75 Å². The van der Waals surface area contributed by atoms with E-state index in [1.165, 1.54) is 6.08 Å². The summed E-state index contributed by atoms with van der Waals surface area (Å²) in [4.78, 5) is 30.7. The molecule has 1 fully saturated rings. The Balaban J connectivity index is 1.26. The SMILES string of the molecule is CCOc1ccccc1/C=C/C(=O)Nc1ccc2nc(N3CCN(c4ncccn4)CC3)cc(C)c2c1. The molecule has 0 unspecified atom stereocenters. The predicted molar refractivity (Wildman–Crippen MR) is 148 cm³/mol. The van der Waals surface area contributed by atoms with Crippen LogP contribution in [0.2, 0.25) is 0 Å². The standard InChI is InChI=1S/C29H30N6O2/c1-3-37-26-8-5-4-7-22(26)9-12-28(36)32-23-10-11-25-24(20-23)21(2)19-27(33-25)34-15-17-35(18-16-34)29-30-13-6-14-31-29/h4-14,19-20H,3,15-18H2,1-2H3,(H,32,36)/b12-9+. The average molecular weight is 495 g/mol. The molecule has 1 aliphatic rings. The second-order valence-corrected chi connectivity index (χ2v) is 8.85. The van der Waals surface area contributed by atoms with Crippen LogP contribution in [0, 0.1) is 6.92 Å². The average Bonchev–Trinajstić information content (AvgIpc) is 2.93. The van der Waals surface area contributed by atoms with Crippen LogP contribution >= 0.6 is 0 Å². The molecule has 1 aliphatic heterocycles. The third-order valence-corrected chi connectivity index (χ3v) is 6.34. The van der Waals surface area contributed by atoms with E-state index in [-0.39, 0.29) is 5.91 Å². The van der Waals surface area contributed by atoms with Crippen molar-refractivity contribution in [1.82, 2.24) is 15.0 Å². The Hall–Kier alpha value is -4.46. The maximum atomic E-state index is 12.6. The maximum Gasteiger partial charge on any atom is 0.248 e. The Morgan fingerprint density at radius 3 is 2.54 bits per heavy atom. The summed E-state index contributed by atoms with van der Waals surface area (Å²) in [5, 5.41) is 3.98. The molecule has 4 aromatic rings. The zero-order valence-corrected chi connectivity index (χ0v) is 21.1. The number of hydrogen-bond acceptors (Lipinski definition) is 7. The molecule has 1 amide bonds. The van der Waals surface area contributed by atoms with E-state index in [0.29, 0.717) is 6.61 Å². The minimum absolute atomic E-state index is 0.201. The van der Waals surface area contributed by atoms with E-state index in [4.69, 9.17) is 9.72 Å². The van der Waals surface area contributed by atoms with E-state index in [1.54, 1.807) is 18.5 Å². The van der Waals surface area contributed by atoms with Crippen molar-refractivity contribution in [3.63, 3.8) is 0 Å². The zero-order valence-electron chi connectivity index (χ0n) is 21.1. The Morgan fingerprint density at radius 1 is 1.00 bits per heavy atom. The number of aryl methyl sites for hydroxylation is 1. The first-order chi connectivity index (χ1) is 18.1. The topological polar surface area (TPSA) is 83.5 Å². The lowest BCUT2D eigenvalue weighted by Gasteiger charge is -2.35. The molecule has 3 heterocycles. The molecule has 0 saturated carbocycles. The maximum absolute atomic E-state index is 12.6. The van der Waals surface area contributed by atoms with Gasteiger partial charge >= 0.3 is 0 Å². The van der Waals surface area contributed by atoms with Gasteiger partial charge in [0, 0.05) is 61.3 Å². The summed E-state index contributed by atoms with van der Waals surface area (Å²) in [5.74, 6) is 2.29. The Kier molecular flexibility index (Phi) is 7.26. The number of amides is 1. The smallest absolute Gasteiger partial charge is 0.248 e. The van der Waals surface area contributed by atoms with Gasteiger partial charge in [0.25, 0.3) is 0 Å². The van der Waals surface area contributed by atoms with Crippen LogP contribution in [0.4, 0.5) is 17.5 Å². The zero-order chi connectivity index (χ0) is 25.6. The summed E-state index contributed by atoms with van der Waals surface area (Å²) >= 11 is 0. The third kappa shape index (κ3) is 5.69. The second kappa shape index (κ2) is 11.1. The van der Waals surface area contributed by atoms with E-state index in [9.17, 15) is 4.79 Å². The summed E-state index contributed by atoms with van der Waals surface area (Å²) < 4.78 is 5.63. The van der Waals surface area contributed by atoms with Crippen LogP contribution in [0.5, 0.6) is 5.75 Å². The number of piperazine rings is 1. The Morgan fingerprint density at radius 2 is 1.76 bits per heavy atom. The van der Waals surface area contributed by atoms with Crippen LogP contribution in [0.15, 0.2) is 73.1 Å². The van der Waals surface area contributed by atoms with Crippen LogP contribution in [0.3, 0.4) is 0 Å². The van der Waals surface area contributed by atoms with E-state index >= 15 is 0 Å². The fourth-order valence-electron chi connectivity index (χ4n) is 4.46. The van der Waals surface area contributed by atoms with Gasteiger partial charge in [0.15, 0.2) is 0 Å². The summed E-state index contributed by atoms with van der Waals surface area (Å²) in [6.45, 7) is 7.98. The molecular weight excluding hydrogens is 464 g/mol. The van der Waals surface area contributed by atoms with Crippen molar-refractivity contribution in [2.75, 3.05) is 47.9 Å². The lowest BCUT2D eigenvalue weighted by atomic mass is 10.1. The molecule has 8 nitrogen and oxygen atoms in total. The highest BCUT2D eigenvalue weighted by Gasteiger charge is 2.20. The summed E-state index contributed by atoms with van der Waals surface area (Å²) in [6, 6.07) is 17.4. The van der Waals surface area contributed by atoms with Gasteiger partial charge < -0.3 is 19.9 Å². The predicted octanol–water partition coefficient (Wildman–Crippen LogP) is 4.71. The number of benzene rings is 2. The first-order valence-electron chi connectivity index (χ1n) is 12.5. The van der Waals surface area contributed by atoms with E-state index in [0.717, 1.165) is 71.4 Å². The minimum Gasteiger partial charge on any atom is -0.493 e. The number of carbonyl (C=O) groups excluding carboxylic acids is 1. The summed E-state index contributed by atoms with van der Waals surface area (Å²) in [7, 11) is 0. The fourth-order valence-corrected chi connectivity index (χ4v) is 4.46. The number of anilines is 3. The number of rotatable bonds is 7. The number of fused-ring (bicyclic) bond motifs is 1. The number of aromatic nitrogens is 3. The molecule has 0 bridgehead atoms. The van der Waals surface area contributed by atoms with Gasteiger partial charge in [0.05, 0.1) is 12.1 Å². The molecular formula is C29H30N6O2. The van der Waals surface area contributed by atoms with Crippen molar-refractivity contribution in [1.29, 1.82) is 0 Å². The van der Waals surface area contributed by atoms with Gasteiger partial charge in [0.1, 0.15) is 11.6 Å². The second-order valence-electron chi connectivity index (χ2n) is 8.85. The molecule has 2 aromatic heterocycles. The van der Waals surface area contributed by atoms with E-state index < -0.39 is 0 Å². The van der Waals surface area contributed by atoms with Gasteiger partial charge in [-0.2, -0.15) is 0 Å². The van der Waals surface area contributed by atoms with Crippen molar-refractivity contribution < 1.29 is 9.53 Å². The molecule has 8 heteroatoms. The highest BCUT2D eigenvalue weighted by molar-refractivity contribution is 6.03.